The first-order valence-corrected chi connectivity index (χ1v) is 10.2. The van der Waals surface area contributed by atoms with Crippen LogP contribution < -0.4 is 10.4 Å². The Morgan fingerprint density at radius 3 is 1.93 bits per heavy atom. The number of hydrogen-bond donors (Lipinski definition) is 0. The minimum absolute atomic E-state index is 0.125. The van der Waals surface area contributed by atoms with Crippen molar-refractivity contribution in [3.05, 3.63) is 92.7 Å². The first-order chi connectivity index (χ1) is 14.3. The highest BCUT2D eigenvalue weighted by Crippen LogP contribution is 2.59. The van der Waals surface area contributed by atoms with Gasteiger partial charge >= 0.3 is 6.98 Å². The quantitative estimate of drug-likeness (QED) is 0.425. The number of hydrogen-bond acceptors (Lipinski definition) is 5. The van der Waals surface area contributed by atoms with Crippen LogP contribution in [0.3, 0.4) is 0 Å². The molecule has 0 N–H and O–H groups in total. The van der Waals surface area contributed by atoms with Gasteiger partial charge in [-0.25, -0.2) is 0 Å². The van der Waals surface area contributed by atoms with E-state index in [4.69, 9.17) is 0 Å². The van der Waals surface area contributed by atoms with Crippen LogP contribution in [0.2, 0.25) is 0 Å². The fourth-order valence-electron chi connectivity index (χ4n) is 5.20. The molecular weight excluding hydrogens is 373 g/mol. The third-order valence-electron chi connectivity index (χ3n) is 6.86. The molecule has 2 aliphatic heterocycles. The van der Waals surface area contributed by atoms with E-state index in [0.717, 1.165) is 16.9 Å². The average molecular weight is 395 g/mol. The minimum Gasteiger partial charge on any atom is -0.309 e. The van der Waals surface area contributed by atoms with Crippen LogP contribution in [-0.4, -0.2) is 6.98 Å². The van der Waals surface area contributed by atoms with E-state index in [0.29, 0.717) is 5.46 Å². The summed E-state index contributed by atoms with van der Waals surface area (Å²) < 4.78 is 0. The van der Waals surface area contributed by atoms with Gasteiger partial charge in [0.1, 0.15) is 0 Å². The molecule has 6 heteroatoms. The largest absolute Gasteiger partial charge is 0.548 e. The second-order valence-electron chi connectivity index (χ2n) is 9.17. The molecule has 3 aromatic rings. The van der Waals surface area contributed by atoms with Gasteiger partial charge in [0.15, 0.2) is 0 Å². The molecule has 0 fully saturated rings. The lowest BCUT2D eigenvalue weighted by Gasteiger charge is -2.49. The van der Waals surface area contributed by atoms with Gasteiger partial charge in [-0.1, -0.05) is 86.4 Å². The molecule has 0 aliphatic carbocycles. The van der Waals surface area contributed by atoms with Gasteiger partial charge < -0.3 is 4.90 Å². The molecule has 0 saturated carbocycles. The Hall–Kier alpha value is -3.28. The molecule has 0 amide bonds. The van der Waals surface area contributed by atoms with Crippen LogP contribution in [0.5, 0.6) is 0 Å². The van der Waals surface area contributed by atoms with Crippen molar-refractivity contribution < 1.29 is 0 Å². The molecule has 148 valence electrons. The van der Waals surface area contributed by atoms with Crippen LogP contribution in [0.25, 0.3) is 0 Å². The van der Waals surface area contributed by atoms with Crippen molar-refractivity contribution in [3.8, 4) is 0 Å². The number of nitroso groups, excluding NO2 is 2. The van der Waals surface area contributed by atoms with Crippen LogP contribution in [0.15, 0.2) is 70.8 Å². The zero-order valence-electron chi connectivity index (χ0n) is 17.5. The lowest BCUT2D eigenvalue weighted by atomic mass is 9.64. The minimum atomic E-state index is -1.23. The lowest BCUT2D eigenvalue weighted by Crippen LogP contribution is -2.39. The summed E-state index contributed by atoms with van der Waals surface area (Å²) in [6.07, 6.45) is 0. The summed E-state index contributed by atoms with van der Waals surface area (Å²) in [5.74, 6) is 0. The first-order valence-electron chi connectivity index (χ1n) is 10.2. The molecule has 0 atom stereocenters. The molecule has 0 radical (unpaired) electrons. The van der Waals surface area contributed by atoms with Crippen LogP contribution in [0.4, 0.5) is 17.1 Å². The molecule has 0 bridgehead atoms. The zero-order chi connectivity index (χ0) is 21.3. The summed E-state index contributed by atoms with van der Waals surface area (Å²) in [5, 5.41) is 5.79. The number of para-hydroxylation sites is 2. The second-order valence-corrected chi connectivity index (χ2v) is 9.17. The van der Waals surface area contributed by atoms with Crippen LogP contribution in [-0.2, 0) is 10.8 Å². The maximum atomic E-state index is 11.1. The van der Waals surface area contributed by atoms with E-state index < -0.39 is 6.98 Å². The summed E-state index contributed by atoms with van der Waals surface area (Å²) in [6.45, 7) is 7.70. The SMILES string of the molecule is CC1(C)c2ccccc2N2c3ccc(B(N=O)N=O)cc3C(C)(C)c3cccc1c32. The van der Waals surface area contributed by atoms with Gasteiger partial charge in [0.05, 0.1) is 17.1 Å². The third kappa shape index (κ3) is 2.25. The van der Waals surface area contributed by atoms with E-state index in [1.807, 2.05) is 12.1 Å². The van der Waals surface area contributed by atoms with Gasteiger partial charge in [0.2, 0.25) is 0 Å². The average Bonchev–Trinajstić information content (AvgIpc) is 2.74. The monoisotopic (exact) mass is 395 g/mol. The molecule has 5 rings (SSSR count). The maximum Gasteiger partial charge on any atom is 0.548 e. The molecular formula is C24H22BN3O2. The van der Waals surface area contributed by atoms with Gasteiger partial charge in [-0.3, -0.25) is 0 Å². The standard InChI is InChI=1S/C24H22BN3O2/c1-23(2)16-8-5-6-11-20(16)28-21-13-12-15(25(26-29)27-30)14-19(21)24(3,4)18-10-7-9-17(23)22(18)28/h5-14H,1-4H3. The Kier molecular flexibility index (Phi) is 3.82. The van der Waals surface area contributed by atoms with Crippen molar-refractivity contribution >= 4 is 29.5 Å². The Bertz CT molecular complexity index is 1210. The van der Waals surface area contributed by atoms with E-state index in [-0.39, 0.29) is 10.8 Å². The molecule has 3 aromatic carbocycles. The van der Waals surface area contributed by atoms with Crippen molar-refractivity contribution in [2.45, 2.75) is 38.5 Å². The fourth-order valence-corrected chi connectivity index (χ4v) is 5.20. The van der Waals surface area contributed by atoms with E-state index in [1.165, 1.54) is 22.4 Å². The van der Waals surface area contributed by atoms with E-state index >= 15 is 0 Å². The summed E-state index contributed by atoms with van der Waals surface area (Å²) in [5.41, 5.74) is 8.37. The summed E-state index contributed by atoms with van der Waals surface area (Å²) in [7, 11) is 0. The molecule has 5 nitrogen and oxygen atoms in total. The zero-order valence-corrected chi connectivity index (χ0v) is 17.5. The van der Waals surface area contributed by atoms with E-state index in [2.05, 4.69) is 85.2 Å². The third-order valence-corrected chi connectivity index (χ3v) is 6.86. The smallest absolute Gasteiger partial charge is 0.309 e. The molecule has 0 unspecified atom stereocenters. The molecule has 0 spiro atoms. The Morgan fingerprint density at radius 2 is 1.27 bits per heavy atom. The van der Waals surface area contributed by atoms with Gasteiger partial charge in [-0.05, 0) is 39.8 Å². The van der Waals surface area contributed by atoms with Crippen molar-refractivity contribution in [2.75, 3.05) is 4.90 Å². The number of fused-ring (bicyclic) bond motifs is 4. The van der Waals surface area contributed by atoms with Crippen LogP contribution in [0, 0.1) is 9.81 Å². The maximum absolute atomic E-state index is 11.1. The molecule has 2 heterocycles. The van der Waals surface area contributed by atoms with Crippen molar-refractivity contribution in [3.63, 3.8) is 0 Å². The normalized spacial score (nSPS) is 16.7. The molecule has 30 heavy (non-hydrogen) atoms. The van der Waals surface area contributed by atoms with Gasteiger partial charge in [-0.2, -0.15) is 9.81 Å². The topological polar surface area (TPSA) is 62.1 Å². The first kappa shape index (κ1) is 18.7. The highest BCUT2D eigenvalue weighted by atomic mass is 16.3. The van der Waals surface area contributed by atoms with E-state index in [9.17, 15) is 9.81 Å². The molecule has 0 aromatic heterocycles. The highest BCUT2D eigenvalue weighted by Gasteiger charge is 2.45. The van der Waals surface area contributed by atoms with Crippen molar-refractivity contribution in [2.24, 2.45) is 10.2 Å². The molecule has 2 aliphatic rings. The second kappa shape index (κ2) is 6.11. The summed E-state index contributed by atoms with van der Waals surface area (Å²) in [4.78, 5) is 24.6. The van der Waals surface area contributed by atoms with Crippen molar-refractivity contribution in [1.82, 2.24) is 0 Å². The van der Waals surface area contributed by atoms with E-state index in [1.54, 1.807) is 6.07 Å². The Labute approximate surface area is 176 Å². The van der Waals surface area contributed by atoms with Crippen molar-refractivity contribution in [1.29, 1.82) is 0 Å². The van der Waals surface area contributed by atoms with Gasteiger partial charge in [-0.15, -0.1) is 0 Å². The number of anilines is 3. The summed E-state index contributed by atoms with van der Waals surface area (Å²) in [6, 6.07) is 20.7. The van der Waals surface area contributed by atoms with Crippen LogP contribution in [0.1, 0.15) is 49.9 Å². The van der Waals surface area contributed by atoms with Crippen LogP contribution >= 0.6 is 0 Å². The predicted molar refractivity (Wildman–Crippen MR) is 122 cm³/mol. The summed E-state index contributed by atoms with van der Waals surface area (Å²) >= 11 is 0. The molecule has 0 saturated heterocycles. The number of benzene rings is 3. The lowest BCUT2D eigenvalue weighted by molar-refractivity contribution is 0.597. The highest BCUT2D eigenvalue weighted by molar-refractivity contribution is 6.69. The number of nitrogens with zero attached hydrogens (tertiary/aromatic N) is 3. The number of rotatable bonds is 3. The van der Waals surface area contributed by atoms with Gasteiger partial charge in [0, 0.05) is 10.8 Å². The predicted octanol–water partition coefficient (Wildman–Crippen LogP) is 5.66. The fraction of sp³-hybridized carbons (Fsp3) is 0.250. The Balaban J connectivity index is 1.87. The Morgan fingerprint density at radius 1 is 0.700 bits per heavy atom. The van der Waals surface area contributed by atoms with Gasteiger partial charge in [0.25, 0.3) is 0 Å².